The fourth-order valence-electron chi connectivity index (χ4n) is 4.08. The highest BCUT2D eigenvalue weighted by Gasteiger charge is 2.32. The number of nitrogens with zero attached hydrogens (tertiary/aromatic N) is 3. The number of aromatic nitrogens is 3. The number of rotatable bonds is 6. The number of fused-ring (bicyclic) bond motifs is 1. The number of nitrogens with one attached hydrogen (secondary N) is 2. The van der Waals surface area contributed by atoms with Gasteiger partial charge in [-0.1, -0.05) is 0 Å². The van der Waals surface area contributed by atoms with Crippen LogP contribution < -0.4 is 25.7 Å². The topological polar surface area (TPSA) is 126 Å². The van der Waals surface area contributed by atoms with Gasteiger partial charge in [0, 0.05) is 24.7 Å². The summed E-state index contributed by atoms with van der Waals surface area (Å²) in [7, 11) is 3.89. The first-order chi connectivity index (χ1) is 17.9. The number of amides is 1. The van der Waals surface area contributed by atoms with Crippen LogP contribution in [0.15, 0.2) is 23.1 Å². The van der Waals surface area contributed by atoms with Crippen molar-refractivity contribution in [1.29, 1.82) is 0 Å². The molecule has 2 aromatic heterocycles. The van der Waals surface area contributed by atoms with Gasteiger partial charge in [0.1, 0.15) is 11.2 Å². The predicted octanol–water partition coefficient (Wildman–Crippen LogP) is 2.99. The van der Waals surface area contributed by atoms with Gasteiger partial charge in [-0.15, -0.1) is 0 Å². The zero-order chi connectivity index (χ0) is 27.8. The van der Waals surface area contributed by atoms with E-state index >= 15 is 8.78 Å². The minimum absolute atomic E-state index is 0.173. The van der Waals surface area contributed by atoms with Crippen LogP contribution >= 0.6 is 0 Å². The number of alkyl carbamates (subject to hydrolysis) is 1. The molecule has 1 aliphatic rings. The molecular weight excluding hydrogens is 504 g/mol. The number of halogens is 2. The van der Waals surface area contributed by atoms with Crippen molar-refractivity contribution >= 4 is 23.1 Å². The molecule has 0 spiro atoms. The largest absolute Gasteiger partial charge is 0.494 e. The van der Waals surface area contributed by atoms with Crippen molar-refractivity contribution < 1.29 is 32.5 Å². The number of pyridine rings is 1. The van der Waals surface area contributed by atoms with Gasteiger partial charge in [-0.2, -0.15) is 4.98 Å². The first-order valence-corrected chi connectivity index (χ1v) is 11.7. The fraction of sp³-hybridized carbons (Fsp3) is 0.440. The van der Waals surface area contributed by atoms with Crippen molar-refractivity contribution in [3.8, 4) is 22.6 Å². The van der Waals surface area contributed by atoms with E-state index in [2.05, 4.69) is 20.6 Å². The Bertz CT molecular complexity index is 1410. The number of benzene rings is 1. The molecule has 0 radical (unpaired) electrons. The van der Waals surface area contributed by atoms with Gasteiger partial charge in [-0.25, -0.2) is 18.6 Å². The quantitative estimate of drug-likeness (QED) is 0.492. The molecule has 0 bridgehead atoms. The number of carbonyl (C=O) groups is 1. The van der Waals surface area contributed by atoms with Crippen molar-refractivity contribution in [2.75, 3.05) is 32.8 Å². The monoisotopic (exact) mass is 533 g/mol. The minimum atomic E-state index is -1.04. The van der Waals surface area contributed by atoms with Gasteiger partial charge in [-0.05, 0) is 26.8 Å². The van der Waals surface area contributed by atoms with Crippen molar-refractivity contribution in [3.05, 3.63) is 40.3 Å². The summed E-state index contributed by atoms with van der Waals surface area (Å²) in [6, 6.07) is 1.60. The van der Waals surface area contributed by atoms with E-state index in [9.17, 15) is 9.59 Å². The molecule has 1 amide bonds. The molecule has 4 rings (SSSR count). The van der Waals surface area contributed by atoms with Crippen molar-refractivity contribution in [3.63, 3.8) is 0 Å². The van der Waals surface area contributed by atoms with E-state index in [0.717, 1.165) is 6.07 Å². The Kier molecular flexibility index (Phi) is 7.40. The second-order valence-electron chi connectivity index (χ2n) is 9.72. The first kappa shape index (κ1) is 27.0. The lowest BCUT2D eigenvalue weighted by Gasteiger charge is -2.24. The van der Waals surface area contributed by atoms with Gasteiger partial charge in [0.15, 0.2) is 23.1 Å². The summed E-state index contributed by atoms with van der Waals surface area (Å²) in [5, 5.41) is 6.23. The van der Waals surface area contributed by atoms with E-state index in [1.54, 1.807) is 20.8 Å². The van der Waals surface area contributed by atoms with E-state index < -0.39 is 40.5 Å². The highest BCUT2D eigenvalue weighted by molar-refractivity contribution is 5.82. The van der Waals surface area contributed by atoms with Gasteiger partial charge in [-0.3, -0.25) is 9.36 Å². The fourth-order valence-corrected chi connectivity index (χ4v) is 4.08. The molecule has 0 aliphatic carbocycles. The summed E-state index contributed by atoms with van der Waals surface area (Å²) in [6.45, 7) is 5.82. The Hall–Kier alpha value is -4.00. The average molecular weight is 534 g/mol. The van der Waals surface area contributed by atoms with Crippen LogP contribution in [-0.2, 0) is 16.5 Å². The van der Waals surface area contributed by atoms with Gasteiger partial charge >= 0.3 is 6.09 Å². The summed E-state index contributed by atoms with van der Waals surface area (Å²) in [5.41, 5.74) is -1.95. The Morgan fingerprint density at radius 2 is 1.74 bits per heavy atom. The average Bonchev–Trinajstić information content (AvgIpc) is 3.27. The molecule has 2 atom stereocenters. The maximum atomic E-state index is 15.1. The number of hydrogen-bond donors (Lipinski definition) is 2. The Morgan fingerprint density at radius 3 is 2.34 bits per heavy atom. The lowest BCUT2D eigenvalue weighted by Crippen LogP contribution is -2.47. The van der Waals surface area contributed by atoms with E-state index in [1.165, 1.54) is 38.1 Å². The molecule has 1 aliphatic heterocycles. The SMILES string of the molecule is COc1cc(OC)c(F)c(-c2cc3cnc(NC4COCC4NC(=O)OC(C)(C)C)nc3n(C)c2=O)c1F. The molecule has 3 heterocycles. The molecule has 3 aromatic rings. The number of ether oxygens (including phenoxy) is 4. The second kappa shape index (κ2) is 10.4. The zero-order valence-electron chi connectivity index (χ0n) is 21.8. The summed E-state index contributed by atoms with van der Waals surface area (Å²) in [6.07, 6.45) is 0.843. The van der Waals surface area contributed by atoms with Crippen LogP contribution in [0.1, 0.15) is 20.8 Å². The van der Waals surface area contributed by atoms with Gasteiger partial charge in [0.25, 0.3) is 5.56 Å². The highest BCUT2D eigenvalue weighted by atomic mass is 19.1. The first-order valence-electron chi connectivity index (χ1n) is 11.7. The Balaban J connectivity index is 1.66. The van der Waals surface area contributed by atoms with Gasteiger partial charge in [0.05, 0.1) is 50.6 Å². The van der Waals surface area contributed by atoms with Crippen LogP contribution in [0.4, 0.5) is 19.5 Å². The predicted molar refractivity (Wildman–Crippen MR) is 135 cm³/mol. The third-order valence-corrected chi connectivity index (χ3v) is 5.89. The summed E-state index contributed by atoms with van der Waals surface area (Å²) >= 11 is 0. The van der Waals surface area contributed by atoms with Gasteiger partial charge < -0.3 is 29.6 Å². The lowest BCUT2D eigenvalue weighted by atomic mass is 10.0. The molecule has 13 heteroatoms. The highest BCUT2D eigenvalue weighted by Crippen LogP contribution is 2.37. The number of aryl methyl sites for hydroxylation is 1. The molecular formula is C25H29F2N5O6. The summed E-state index contributed by atoms with van der Waals surface area (Å²) in [5.74, 6) is -2.45. The van der Waals surface area contributed by atoms with E-state index in [4.69, 9.17) is 18.9 Å². The molecule has 0 saturated carbocycles. The minimum Gasteiger partial charge on any atom is -0.494 e. The second-order valence-corrected chi connectivity index (χ2v) is 9.72. The van der Waals surface area contributed by atoms with Crippen LogP contribution in [0.25, 0.3) is 22.2 Å². The number of anilines is 1. The zero-order valence-corrected chi connectivity index (χ0v) is 21.8. The van der Waals surface area contributed by atoms with Crippen LogP contribution in [0.5, 0.6) is 11.5 Å². The smallest absolute Gasteiger partial charge is 0.408 e. The standard InChI is InChI=1S/C25H29F2N5O6/c1-25(2,3)38-24(34)30-15-11-37-10-14(15)29-23-28-9-12-7-13(22(33)32(4)21(12)31-23)18-19(26)16(35-5)8-17(36-6)20(18)27/h7-9,14-15H,10-11H2,1-6H3,(H,30,34)(H,28,29,31). The Labute approximate surface area is 217 Å². The lowest BCUT2D eigenvalue weighted by molar-refractivity contribution is 0.0497. The van der Waals surface area contributed by atoms with E-state index in [1.807, 2.05) is 0 Å². The van der Waals surface area contributed by atoms with Crippen molar-refractivity contribution in [2.45, 2.75) is 38.5 Å². The van der Waals surface area contributed by atoms with Gasteiger partial charge in [0.2, 0.25) is 5.95 Å². The van der Waals surface area contributed by atoms with Crippen molar-refractivity contribution in [2.24, 2.45) is 7.05 Å². The maximum Gasteiger partial charge on any atom is 0.408 e. The molecule has 204 valence electrons. The summed E-state index contributed by atoms with van der Waals surface area (Å²) in [4.78, 5) is 34.1. The van der Waals surface area contributed by atoms with Crippen molar-refractivity contribution in [1.82, 2.24) is 19.9 Å². The van der Waals surface area contributed by atoms with Crippen LogP contribution in [0.3, 0.4) is 0 Å². The molecule has 1 aromatic carbocycles. The Morgan fingerprint density at radius 1 is 1.11 bits per heavy atom. The van der Waals surface area contributed by atoms with Crippen LogP contribution in [0, 0.1) is 11.6 Å². The summed E-state index contributed by atoms with van der Waals surface area (Å²) < 4.78 is 52.1. The molecule has 38 heavy (non-hydrogen) atoms. The molecule has 1 saturated heterocycles. The molecule has 2 N–H and O–H groups in total. The molecule has 1 fully saturated rings. The number of methoxy groups -OCH3 is 2. The normalized spacial score (nSPS) is 17.4. The van der Waals surface area contributed by atoms with E-state index in [0.29, 0.717) is 5.39 Å². The number of hydrogen-bond acceptors (Lipinski definition) is 9. The maximum absolute atomic E-state index is 15.1. The molecule has 11 nitrogen and oxygen atoms in total. The molecule has 2 unspecified atom stereocenters. The van der Waals surface area contributed by atoms with E-state index in [-0.39, 0.29) is 47.9 Å². The van der Waals surface area contributed by atoms with Crippen LogP contribution in [-0.4, -0.2) is 65.7 Å². The van der Waals surface area contributed by atoms with Crippen LogP contribution in [0.2, 0.25) is 0 Å². The number of carbonyl (C=O) groups excluding carboxylic acids is 1. The third-order valence-electron chi connectivity index (χ3n) is 5.89. The third kappa shape index (κ3) is 5.32.